The minimum atomic E-state index is -0.442. The Hall–Kier alpha value is -4.49. The van der Waals surface area contributed by atoms with Crippen LogP contribution in [0.15, 0.2) is 112 Å². The van der Waals surface area contributed by atoms with E-state index in [0.29, 0.717) is 27.7 Å². The van der Waals surface area contributed by atoms with Gasteiger partial charge in [-0.05, 0) is 53.6 Å². The normalized spacial score (nSPS) is 11.1. The molecule has 0 aliphatic rings. The van der Waals surface area contributed by atoms with Crippen molar-refractivity contribution >= 4 is 35.1 Å². The SMILES string of the molecule is O=C(COc1ccc(-c2ccccc2)cc1)N/N=C/c1cc(N=Nc2ccccc2Cl)ccc1O. The van der Waals surface area contributed by atoms with Gasteiger partial charge in [0, 0.05) is 5.56 Å². The molecule has 0 saturated carbocycles. The molecule has 4 aromatic rings. The van der Waals surface area contributed by atoms with Crippen LogP contribution in [0.25, 0.3) is 11.1 Å². The average Bonchev–Trinajstić information content (AvgIpc) is 2.89. The van der Waals surface area contributed by atoms with Gasteiger partial charge in [-0.1, -0.05) is 66.2 Å². The van der Waals surface area contributed by atoms with E-state index >= 15 is 0 Å². The molecule has 0 aliphatic carbocycles. The predicted molar refractivity (Wildman–Crippen MR) is 137 cm³/mol. The Balaban J connectivity index is 1.30. The number of aromatic hydroxyl groups is 1. The molecule has 0 fully saturated rings. The van der Waals surface area contributed by atoms with E-state index in [-0.39, 0.29) is 12.4 Å². The number of benzene rings is 4. The second-order valence-corrected chi connectivity index (χ2v) is 7.77. The van der Waals surface area contributed by atoms with Gasteiger partial charge in [-0.15, -0.1) is 5.11 Å². The number of halogens is 1. The Morgan fingerprint density at radius 2 is 1.60 bits per heavy atom. The summed E-state index contributed by atoms with van der Waals surface area (Å²) in [6.07, 6.45) is 1.32. The molecular formula is C27H21ClN4O3. The van der Waals surface area contributed by atoms with Crippen molar-refractivity contribution in [2.45, 2.75) is 0 Å². The predicted octanol–water partition coefficient (Wildman–Crippen LogP) is 6.66. The summed E-state index contributed by atoms with van der Waals surface area (Å²) in [5.74, 6) is 0.106. The highest BCUT2D eigenvalue weighted by atomic mass is 35.5. The number of hydrogen-bond acceptors (Lipinski definition) is 6. The van der Waals surface area contributed by atoms with Crippen molar-refractivity contribution in [3.8, 4) is 22.6 Å². The molecule has 8 heteroatoms. The Bertz CT molecular complexity index is 1360. The molecule has 0 aromatic heterocycles. The van der Waals surface area contributed by atoms with E-state index in [1.807, 2.05) is 42.5 Å². The Labute approximate surface area is 207 Å². The van der Waals surface area contributed by atoms with E-state index in [2.05, 4.69) is 20.8 Å². The minimum absolute atomic E-state index is 0.0190. The highest BCUT2D eigenvalue weighted by Crippen LogP contribution is 2.28. The van der Waals surface area contributed by atoms with Crippen LogP contribution in [0.2, 0.25) is 5.02 Å². The first-order valence-corrected chi connectivity index (χ1v) is 11.1. The standard InChI is InChI=1S/C27H21ClN4O3/c28-24-8-4-5-9-25(24)31-30-22-12-15-26(33)21(16-22)17-29-32-27(34)18-35-23-13-10-20(11-14-23)19-6-2-1-3-7-19/h1-17,33H,18H2,(H,32,34)/b29-17+,31-30?. The molecule has 35 heavy (non-hydrogen) atoms. The summed E-state index contributed by atoms with van der Waals surface area (Å²) in [6.45, 7) is -0.208. The topological polar surface area (TPSA) is 95.6 Å². The monoisotopic (exact) mass is 484 g/mol. The van der Waals surface area contributed by atoms with Crippen molar-refractivity contribution in [2.75, 3.05) is 6.61 Å². The lowest BCUT2D eigenvalue weighted by molar-refractivity contribution is -0.123. The van der Waals surface area contributed by atoms with Crippen LogP contribution in [-0.4, -0.2) is 23.8 Å². The molecular weight excluding hydrogens is 464 g/mol. The number of hydrazone groups is 1. The lowest BCUT2D eigenvalue weighted by Gasteiger charge is -2.07. The van der Waals surface area contributed by atoms with E-state index in [0.717, 1.165) is 11.1 Å². The first kappa shape index (κ1) is 23.7. The summed E-state index contributed by atoms with van der Waals surface area (Å²) in [5, 5.41) is 22.7. The number of amides is 1. The van der Waals surface area contributed by atoms with Crippen LogP contribution in [0.3, 0.4) is 0 Å². The zero-order valence-corrected chi connectivity index (χ0v) is 19.3. The summed E-state index contributed by atoms with van der Waals surface area (Å²) in [4.78, 5) is 12.1. The van der Waals surface area contributed by atoms with Crippen molar-refractivity contribution in [1.29, 1.82) is 0 Å². The highest BCUT2D eigenvalue weighted by Gasteiger charge is 2.04. The molecule has 0 radical (unpaired) electrons. The number of hydrogen-bond donors (Lipinski definition) is 2. The van der Waals surface area contributed by atoms with Gasteiger partial charge in [0.2, 0.25) is 0 Å². The zero-order chi connectivity index (χ0) is 24.5. The Morgan fingerprint density at radius 3 is 2.37 bits per heavy atom. The number of rotatable bonds is 8. The third-order valence-electron chi connectivity index (χ3n) is 4.86. The van der Waals surface area contributed by atoms with E-state index in [4.69, 9.17) is 16.3 Å². The first-order valence-electron chi connectivity index (χ1n) is 10.7. The quantitative estimate of drug-likeness (QED) is 0.166. The van der Waals surface area contributed by atoms with E-state index < -0.39 is 5.91 Å². The molecule has 4 aromatic carbocycles. The number of carbonyl (C=O) groups excluding carboxylic acids is 1. The second kappa shape index (κ2) is 11.6. The zero-order valence-electron chi connectivity index (χ0n) is 18.5. The van der Waals surface area contributed by atoms with Gasteiger partial charge in [-0.25, -0.2) is 5.43 Å². The van der Waals surface area contributed by atoms with Crippen molar-refractivity contribution in [1.82, 2.24) is 5.43 Å². The molecule has 4 rings (SSSR count). The van der Waals surface area contributed by atoms with Crippen LogP contribution in [0.4, 0.5) is 11.4 Å². The molecule has 1 amide bonds. The van der Waals surface area contributed by atoms with Crippen molar-refractivity contribution in [2.24, 2.45) is 15.3 Å². The van der Waals surface area contributed by atoms with E-state index in [1.165, 1.54) is 12.3 Å². The van der Waals surface area contributed by atoms with Crippen molar-refractivity contribution < 1.29 is 14.6 Å². The number of phenols is 1. The van der Waals surface area contributed by atoms with Crippen LogP contribution in [0, 0.1) is 0 Å². The minimum Gasteiger partial charge on any atom is -0.507 e. The fourth-order valence-electron chi connectivity index (χ4n) is 3.08. The van der Waals surface area contributed by atoms with Gasteiger partial charge in [0.25, 0.3) is 5.91 Å². The number of carbonyl (C=O) groups is 1. The summed E-state index contributed by atoms with van der Waals surface area (Å²) >= 11 is 6.08. The van der Waals surface area contributed by atoms with Crippen molar-refractivity contribution in [3.05, 3.63) is 108 Å². The number of phenolic OH excluding ortho intramolecular Hbond substituents is 1. The van der Waals surface area contributed by atoms with Crippen LogP contribution < -0.4 is 10.2 Å². The van der Waals surface area contributed by atoms with E-state index in [1.54, 1.807) is 48.5 Å². The van der Waals surface area contributed by atoms with Gasteiger partial charge in [-0.3, -0.25) is 4.79 Å². The van der Waals surface area contributed by atoms with Gasteiger partial charge in [0.05, 0.1) is 16.9 Å². The molecule has 174 valence electrons. The van der Waals surface area contributed by atoms with Gasteiger partial charge in [0.1, 0.15) is 17.2 Å². The molecule has 7 nitrogen and oxygen atoms in total. The molecule has 0 spiro atoms. The third-order valence-corrected chi connectivity index (χ3v) is 5.18. The molecule has 0 saturated heterocycles. The smallest absolute Gasteiger partial charge is 0.277 e. The molecule has 2 N–H and O–H groups in total. The van der Waals surface area contributed by atoms with Crippen molar-refractivity contribution in [3.63, 3.8) is 0 Å². The largest absolute Gasteiger partial charge is 0.507 e. The molecule has 0 atom stereocenters. The molecule has 0 unspecified atom stereocenters. The highest BCUT2D eigenvalue weighted by molar-refractivity contribution is 6.32. The number of azo groups is 1. The maximum Gasteiger partial charge on any atom is 0.277 e. The molecule has 0 heterocycles. The summed E-state index contributed by atoms with van der Waals surface area (Å²) in [7, 11) is 0. The lowest BCUT2D eigenvalue weighted by atomic mass is 10.1. The van der Waals surface area contributed by atoms with Crippen LogP contribution >= 0.6 is 11.6 Å². The fraction of sp³-hybridized carbons (Fsp3) is 0.0370. The maximum atomic E-state index is 12.1. The van der Waals surface area contributed by atoms with Crippen LogP contribution in [0.5, 0.6) is 11.5 Å². The molecule has 0 aliphatic heterocycles. The number of nitrogens with one attached hydrogen (secondary N) is 1. The molecule has 0 bridgehead atoms. The Kier molecular flexibility index (Phi) is 7.83. The van der Waals surface area contributed by atoms with Crippen LogP contribution in [-0.2, 0) is 4.79 Å². The summed E-state index contributed by atoms with van der Waals surface area (Å²) < 4.78 is 5.51. The summed E-state index contributed by atoms with van der Waals surface area (Å²) in [6, 6.07) is 29.2. The maximum absolute atomic E-state index is 12.1. The first-order chi connectivity index (χ1) is 17.1. The van der Waals surface area contributed by atoms with Gasteiger partial charge in [0.15, 0.2) is 6.61 Å². The van der Waals surface area contributed by atoms with Gasteiger partial charge in [-0.2, -0.15) is 10.2 Å². The third kappa shape index (κ3) is 6.75. The number of ether oxygens (including phenoxy) is 1. The van der Waals surface area contributed by atoms with Crippen LogP contribution in [0.1, 0.15) is 5.56 Å². The number of nitrogens with zero attached hydrogens (tertiary/aromatic N) is 3. The fourth-order valence-corrected chi connectivity index (χ4v) is 3.25. The van der Waals surface area contributed by atoms with E-state index in [9.17, 15) is 9.90 Å². The Morgan fingerprint density at radius 1 is 0.886 bits per heavy atom. The average molecular weight is 485 g/mol. The summed E-state index contributed by atoms with van der Waals surface area (Å²) in [5.41, 5.74) is 5.90. The second-order valence-electron chi connectivity index (χ2n) is 7.37. The lowest BCUT2D eigenvalue weighted by Crippen LogP contribution is -2.24. The van der Waals surface area contributed by atoms with Gasteiger partial charge < -0.3 is 9.84 Å². The van der Waals surface area contributed by atoms with Gasteiger partial charge >= 0.3 is 0 Å².